The maximum absolute atomic E-state index is 12.3. The summed E-state index contributed by atoms with van der Waals surface area (Å²) >= 11 is 1.34. The second kappa shape index (κ2) is 9.57. The van der Waals surface area contributed by atoms with Gasteiger partial charge in [0, 0.05) is 4.88 Å². The molecule has 0 spiro atoms. The van der Waals surface area contributed by atoms with Crippen LogP contribution in [-0.4, -0.2) is 43.0 Å². The number of amides is 2. The molecule has 0 aromatic carbocycles. The fraction of sp³-hybridized carbons (Fsp3) is 0.400. The van der Waals surface area contributed by atoms with Crippen LogP contribution >= 0.6 is 11.3 Å². The third-order valence-corrected chi connectivity index (χ3v) is 5.65. The Morgan fingerprint density at radius 3 is 2.73 bits per heavy atom. The maximum Gasteiger partial charge on any atom is 0.341 e. The lowest BCUT2D eigenvalue weighted by Gasteiger charge is -2.13. The van der Waals surface area contributed by atoms with Gasteiger partial charge in [0.1, 0.15) is 11.0 Å². The summed E-state index contributed by atoms with van der Waals surface area (Å²) in [5.74, 6) is -2.34. The van der Waals surface area contributed by atoms with E-state index >= 15 is 0 Å². The minimum absolute atomic E-state index is 0.0598. The van der Waals surface area contributed by atoms with Gasteiger partial charge in [0.25, 0.3) is 11.8 Å². The Kier molecular flexibility index (Phi) is 6.88. The van der Waals surface area contributed by atoms with Gasteiger partial charge in [-0.2, -0.15) is 0 Å². The summed E-state index contributed by atoms with van der Waals surface area (Å²) in [5.41, 5.74) is 1.30. The van der Waals surface area contributed by atoms with Crippen LogP contribution in [0.3, 0.4) is 0 Å². The third-order valence-electron chi connectivity index (χ3n) is 4.45. The van der Waals surface area contributed by atoms with Crippen LogP contribution in [0.4, 0.5) is 5.00 Å². The molecule has 0 aliphatic heterocycles. The van der Waals surface area contributed by atoms with E-state index < -0.39 is 36.4 Å². The third kappa shape index (κ3) is 4.88. The van der Waals surface area contributed by atoms with Crippen molar-refractivity contribution in [3.63, 3.8) is 0 Å². The highest BCUT2D eigenvalue weighted by Crippen LogP contribution is 2.39. The number of ether oxygens (including phenoxy) is 2. The van der Waals surface area contributed by atoms with Crippen molar-refractivity contribution in [3.05, 3.63) is 40.2 Å². The average molecular weight is 434 g/mol. The van der Waals surface area contributed by atoms with Crippen molar-refractivity contribution in [2.45, 2.75) is 39.2 Å². The Labute approximate surface area is 176 Å². The number of hydrogen-bond acceptors (Lipinski definition) is 8. The van der Waals surface area contributed by atoms with Gasteiger partial charge in [0.05, 0.1) is 18.4 Å². The molecule has 0 saturated carbocycles. The van der Waals surface area contributed by atoms with Gasteiger partial charge in [0.15, 0.2) is 12.4 Å². The number of thiophene rings is 1. The number of carbonyl (C=O) groups excluding carboxylic acids is 4. The number of furan rings is 1. The highest BCUT2D eigenvalue weighted by molar-refractivity contribution is 7.17. The van der Waals surface area contributed by atoms with E-state index in [0.717, 1.165) is 29.7 Å². The Morgan fingerprint density at radius 2 is 2.03 bits per heavy atom. The topological polar surface area (TPSA) is 124 Å². The summed E-state index contributed by atoms with van der Waals surface area (Å²) in [5, 5.41) is 5.46. The number of fused-ring (bicyclic) bond motifs is 1. The number of nitrogens with one attached hydrogen (secondary N) is 2. The molecule has 0 fully saturated rings. The molecular weight excluding hydrogens is 412 g/mol. The first-order chi connectivity index (χ1) is 14.4. The molecule has 1 aliphatic carbocycles. The first-order valence-corrected chi connectivity index (χ1v) is 10.3. The zero-order chi connectivity index (χ0) is 21.7. The van der Waals surface area contributed by atoms with Gasteiger partial charge in [0.2, 0.25) is 0 Å². The molecule has 1 atom stereocenters. The summed E-state index contributed by atoms with van der Waals surface area (Å²) in [7, 11) is 0. The van der Waals surface area contributed by atoms with Crippen LogP contribution in [0, 0.1) is 0 Å². The molecule has 2 amide bonds. The average Bonchev–Trinajstić information content (AvgIpc) is 3.43. The van der Waals surface area contributed by atoms with E-state index in [-0.39, 0.29) is 12.4 Å². The van der Waals surface area contributed by atoms with Crippen molar-refractivity contribution in [2.75, 3.05) is 18.5 Å². The first-order valence-electron chi connectivity index (χ1n) is 9.53. The maximum atomic E-state index is 12.3. The number of carbonyl (C=O) groups is 4. The van der Waals surface area contributed by atoms with Crippen LogP contribution in [0.5, 0.6) is 0 Å². The van der Waals surface area contributed by atoms with Crippen molar-refractivity contribution >= 4 is 40.1 Å². The van der Waals surface area contributed by atoms with Crippen LogP contribution in [-0.2, 0) is 31.9 Å². The van der Waals surface area contributed by atoms with E-state index in [1.807, 2.05) is 0 Å². The van der Waals surface area contributed by atoms with Crippen LogP contribution in [0.1, 0.15) is 51.6 Å². The highest BCUT2D eigenvalue weighted by Gasteiger charge is 2.28. The van der Waals surface area contributed by atoms with Crippen LogP contribution < -0.4 is 10.6 Å². The normalized spacial score (nSPS) is 13.3. The smallest absolute Gasteiger partial charge is 0.341 e. The largest absolute Gasteiger partial charge is 0.462 e. The van der Waals surface area contributed by atoms with Crippen molar-refractivity contribution in [1.82, 2.24) is 5.32 Å². The molecule has 0 saturated heterocycles. The fourth-order valence-electron chi connectivity index (χ4n) is 3.07. The quantitative estimate of drug-likeness (QED) is 0.611. The lowest BCUT2D eigenvalue weighted by atomic mass is 10.1. The minimum atomic E-state index is -0.976. The Balaban J connectivity index is 1.55. The van der Waals surface area contributed by atoms with Crippen molar-refractivity contribution in [2.24, 2.45) is 0 Å². The summed E-state index contributed by atoms with van der Waals surface area (Å²) in [6.45, 7) is 2.83. The SMILES string of the molecule is CCOC(=O)c1c(NC(=O)COC(=O)[C@@H](C)NC(=O)c2ccco2)sc2c1CCC2. The van der Waals surface area contributed by atoms with E-state index in [9.17, 15) is 19.2 Å². The molecule has 0 unspecified atom stereocenters. The standard InChI is InChI=1S/C20H22N2O7S/c1-3-27-20(26)16-12-6-4-8-14(12)30-18(16)22-15(23)10-29-19(25)11(2)21-17(24)13-7-5-9-28-13/h5,7,9,11H,3-4,6,8,10H2,1-2H3,(H,21,24)(H,22,23)/t11-/m1/s1. The fourth-order valence-corrected chi connectivity index (χ4v) is 4.36. The number of rotatable bonds is 8. The van der Waals surface area contributed by atoms with Crippen molar-refractivity contribution < 1.29 is 33.1 Å². The predicted molar refractivity (Wildman–Crippen MR) is 108 cm³/mol. The molecule has 2 aromatic heterocycles. The van der Waals surface area contributed by atoms with Gasteiger partial charge in [-0.15, -0.1) is 11.3 Å². The van der Waals surface area contributed by atoms with Gasteiger partial charge in [-0.25, -0.2) is 9.59 Å². The molecule has 2 heterocycles. The summed E-state index contributed by atoms with van der Waals surface area (Å²) in [6.07, 6.45) is 3.91. The zero-order valence-corrected chi connectivity index (χ0v) is 17.4. The van der Waals surface area contributed by atoms with Crippen LogP contribution in [0.15, 0.2) is 22.8 Å². The molecule has 160 valence electrons. The molecule has 0 bridgehead atoms. The summed E-state index contributed by atoms with van der Waals surface area (Å²) in [6, 6.07) is 2.03. The van der Waals surface area contributed by atoms with Gasteiger partial charge < -0.3 is 24.5 Å². The van der Waals surface area contributed by atoms with Gasteiger partial charge >= 0.3 is 11.9 Å². The molecular formula is C20H22N2O7S. The van der Waals surface area contributed by atoms with Crippen molar-refractivity contribution in [1.29, 1.82) is 0 Å². The van der Waals surface area contributed by atoms with E-state index in [0.29, 0.717) is 10.6 Å². The van der Waals surface area contributed by atoms with Gasteiger partial charge in [-0.3, -0.25) is 9.59 Å². The molecule has 1 aliphatic rings. The van der Waals surface area contributed by atoms with Crippen LogP contribution in [0.25, 0.3) is 0 Å². The predicted octanol–water partition coefficient (Wildman–Crippen LogP) is 2.31. The second-order valence-electron chi connectivity index (χ2n) is 6.61. The molecule has 2 N–H and O–H groups in total. The molecule has 30 heavy (non-hydrogen) atoms. The molecule has 9 nitrogen and oxygen atoms in total. The van der Waals surface area contributed by atoms with E-state index in [1.165, 1.54) is 30.6 Å². The molecule has 0 radical (unpaired) electrons. The Hall–Kier alpha value is -3.14. The number of aryl methyl sites for hydroxylation is 1. The lowest BCUT2D eigenvalue weighted by Crippen LogP contribution is -2.40. The lowest BCUT2D eigenvalue weighted by molar-refractivity contribution is -0.148. The first kappa shape index (κ1) is 21.6. The Bertz CT molecular complexity index is 949. The monoisotopic (exact) mass is 434 g/mol. The van der Waals surface area contributed by atoms with E-state index in [4.69, 9.17) is 13.9 Å². The Morgan fingerprint density at radius 1 is 1.23 bits per heavy atom. The molecule has 10 heteroatoms. The molecule has 3 rings (SSSR count). The van der Waals surface area contributed by atoms with Crippen LogP contribution in [0.2, 0.25) is 0 Å². The van der Waals surface area contributed by atoms with Gasteiger partial charge in [-0.05, 0) is 50.8 Å². The number of anilines is 1. The molecule has 2 aromatic rings. The van der Waals surface area contributed by atoms with E-state index in [1.54, 1.807) is 13.0 Å². The number of hydrogen-bond donors (Lipinski definition) is 2. The summed E-state index contributed by atoms with van der Waals surface area (Å²) in [4.78, 5) is 49.6. The minimum Gasteiger partial charge on any atom is -0.462 e. The zero-order valence-electron chi connectivity index (χ0n) is 16.6. The van der Waals surface area contributed by atoms with E-state index in [2.05, 4.69) is 10.6 Å². The number of esters is 2. The van der Waals surface area contributed by atoms with Gasteiger partial charge in [-0.1, -0.05) is 0 Å². The van der Waals surface area contributed by atoms with Crippen molar-refractivity contribution in [3.8, 4) is 0 Å². The summed E-state index contributed by atoms with van der Waals surface area (Å²) < 4.78 is 15.0. The highest BCUT2D eigenvalue weighted by atomic mass is 32.1. The second-order valence-corrected chi connectivity index (χ2v) is 7.72.